The lowest BCUT2D eigenvalue weighted by Crippen LogP contribution is -2.06. The third kappa shape index (κ3) is 4.60. The van der Waals surface area contributed by atoms with E-state index in [0.29, 0.717) is 13.4 Å². The molecule has 0 bridgehead atoms. The number of hydrogen-bond acceptors (Lipinski definition) is 3. The molecule has 13 heavy (non-hydrogen) atoms. The molecule has 0 saturated carbocycles. The molecule has 0 radical (unpaired) electrons. The molecule has 0 amide bonds. The fourth-order valence-corrected chi connectivity index (χ4v) is 0.827. The zero-order valence-corrected chi connectivity index (χ0v) is 8.06. The van der Waals surface area contributed by atoms with Crippen LogP contribution < -0.4 is 0 Å². The highest BCUT2D eigenvalue weighted by Crippen LogP contribution is 1.98. The number of hydrogen-bond donors (Lipinski definition) is 0. The van der Waals surface area contributed by atoms with Crippen LogP contribution in [0.2, 0.25) is 0 Å². The van der Waals surface area contributed by atoms with Crippen LogP contribution in [0.25, 0.3) is 0 Å². The summed E-state index contributed by atoms with van der Waals surface area (Å²) in [6, 6.07) is 3.87. The van der Waals surface area contributed by atoms with E-state index in [4.69, 9.17) is 9.47 Å². The summed E-state index contributed by atoms with van der Waals surface area (Å²) in [7, 11) is 0. The maximum Gasteiger partial charge on any atom is 0.147 e. The Morgan fingerprint density at radius 2 is 2.31 bits per heavy atom. The Balaban J connectivity index is 2.13. The van der Waals surface area contributed by atoms with E-state index in [-0.39, 0.29) is 6.10 Å². The van der Waals surface area contributed by atoms with Gasteiger partial charge in [0.15, 0.2) is 0 Å². The first-order valence-corrected chi connectivity index (χ1v) is 4.37. The second-order valence-corrected chi connectivity index (χ2v) is 3.04. The van der Waals surface area contributed by atoms with Gasteiger partial charge >= 0.3 is 0 Å². The molecule has 0 atom stereocenters. The van der Waals surface area contributed by atoms with E-state index in [2.05, 4.69) is 4.98 Å². The molecule has 1 rings (SSSR count). The molecule has 0 fully saturated rings. The minimum Gasteiger partial charge on any atom is -0.353 e. The summed E-state index contributed by atoms with van der Waals surface area (Å²) in [4.78, 5) is 3.98. The van der Waals surface area contributed by atoms with Crippen molar-refractivity contribution >= 4 is 0 Å². The molecule has 0 aliphatic heterocycles. The molecule has 72 valence electrons. The Bertz CT molecular complexity index is 224. The molecule has 3 heteroatoms. The Hall–Kier alpha value is -0.930. The first-order valence-electron chi connectivity index (χ1n) is 4.37. The van der Waals surface area contributed by atoms with Crippen molar-refractivity contribution in [3.05, 3.63) is 30.1 Å². The predicted molar refractivity (Wildman–Crippen MR) is 50.1 cm³/mol. The maximum atomic E-state index is 5.27. The Morgan fingerprint density at radius 3 is 2.92 bits per heavy atom. The molecule has 1 aromatic heterocycles. The van der Waals surface area contributed by atoms with Crippen LogP contribution in [0.5, 0.6) is 0 Å². The number of ether oxygens (including phenoxy) is 2. The fraction of sp³-hybridized carbons (Fsp3) is 0.500. The molecule has 0 spiro atoms. The number of nitrogens with zero attached hydrogens (tertiary/aromatic N) is 1. The van der Waals surface area contributed by atoms with E-state index in [1.54, 1.807) is 12.4 Å². The van der Waals surface area contributed by atoms with Gasteiger partial charge < -0.3 is 9.47 Å². The van der Waals surface area contributed by atoms with Crippen LogP contribution in [-0.2, 0) is 16.1 Å². The van der Waals surface area contributed by atoms with Crippen molar-refractivity contribution in [2.24, 2.45) is 0 Å². The Morgan fingerprint density at radius 1 is 1.46 bits per heavy atom. The van der Waals surface area contributed by atoms with Crippen molar-refractivity contribution in [1.29, 1.82) is 0 Å². The molecule has 0 aliphatic rings. The second kappa shape index (κ2) is 5.67. The largest absolute Gasteiger partial charge is 0.353 e. The summed E-state index contributed by atoms with van der Waals surface area (Å²) in [5.74, 6) is 0. The zero-order chi connectivity index (χ0) is 9.52. The van der Waals surface area contributed by atoms with Crippen LogP contribution in [0.4, 0.5) is 0 Å². The Kier molecular flexibility index (Phi) is 4.43. The van der Waals surface area contributed by atoms with Gasteiger partial charge in [-0.2, -0.15) is 0 Å². The van der Waals surface area contributed by atoms with E-state index in [9.17, 15) is 0 Å². The number of pyridine rings is 1. The van der Waals surface area contributed by atoms with E-state index in [1.807, 2.05) is 26.0 Å². The first-order chi connectivity index (χ1) is 6.29. The maximum absolute atomic E-state index is 5.27. The highest BCUT2D eigenvalue weighted by molar-refractivity contribution is 5.06. The topological polar surface area (TPSA) is 31.4 Å². The van der Waals surface area contributed by atoms with Crippen LogP contribution in [0.15, 0.2) is 24.5 Å². The van der Waals surface area contributed by atoms with E-state index in [0.717, 1.165) is 5.56 Å². The summed E-state index contributed by atoms with van der Waals surface area (Å²) in [6.07, 6.45) is 3.75. The van der Waals surface area contributed by atoms with Gasteiger partial charge in [-0.3, -0.25) is 4.98 Å². The van der Waals surface area contributed by atoms with Gasteiger partial charge in [0.05, 0.1) is 12.7 Å². The molecule has 1 aromatic rings. The highest BCUT2D eigenvalue weighted by Gasteiger charge is 1.94. The summed E-state index contributed by atoms with van der Waals surface area (Å²) in [5, 5.41) is 0. The van der Waals surface area contributed by atoms with Crippen molar-refractivity contribution in [2.45, 2.75) is 26.6 Å². The van der Waals surface area contributed by atoms with Crippen LogP contribution in [0.3, 0.4) is 0 Å². The quantitative estimate of drug-likeness (QED) is 0.514. The number of rotatable bonds is 5. The lowest BCUT2D eigenvalue weighted by molar-refractivity contribution is -0.0852. The third-order valence-corrected chi connectivity index (χ3v) is 1.48. The minimum atomic E-state index is 0.217. The molecular weight excluding hydrogens is 166 g/mol. The smallest absolute Gasteiger partial charge is 0.147 e. The van der Waals surface area contributed by atoms with Crippen molar-refractivity contribution in [1.82, 2.24) is 4.98 Å². The second-order valence-electron chi connectivity index (χ2n) is 3.04. The molecule has 0 aliphatic carbocycles. The van der Waals surface area contributed by atoms with Gasteiger partial charge in [0.1, 0.15) is 6.79 Å². The van der Waals surface area contributed by atoms with Gasteiger partial charge in [-0.1, -0.05) is 6.07 Å². The van der Waals surface area contributed by atoms with E-state index >= 15 is 0 Å². The van der Waals surface area contributed by atoms with Crippen LogP contribution in [-0.4, -0.2) is 17.9 Å². The van der Waals surface area contributed by atoms with Gasteiger partial charge in [0.25, 0.3) is 0 Å². The molecule has 3 nitrogen and oxygen atoms in total. The van der Waals surface area contributed by atoms with Gasteiger partial charge in [0.2, 0.25) is 0 Å². The van der Waals surface area contributed by atoms with Crippen molar-refractivity contribution < 1.29 is 9.47 Å². The van der Waals surface area contributed by atoms with E-state index in [1.165, 1.54) is 0 Å². The van der Waals surface area contributed by atoms with Crippen molar-refractivity contribution in [2.75, 3.05) is 6.79 Å². The normalized spacial score (nSPS) is 10.7. The molecule has 0 aromatic carbocycles. The number of aromatic nitrogens is 1. The summed E-state index contributed by atoms with van der Waals surface area (Å²) in [5.41, 5.74) is 1.06. The molecule has 0 unspecified atom stereocenters. The zero-order valence-electron chi connectivity index (χ0n) is 8.06. The van der Waals surface area contributed by atoms with Crippen LogP contribution in [0, 0.1) is 0 Å². The Labute approximate surface area is 78.7 Å². The predicted octanol–water partition coefficient (Wildman–Crippen LogP) is 1.98. The van der Waals surface area contributed by atoms with Gasteiger partial charge in [0, 0.05) is 12.4 Å². The van der Waals surface area contributed by atoms with Gasteiger partial charge in [-0.25, -0.2) is 0 Å². The molecule has 0 saturated heterocycles. The summed E-state index contributed by atoms with van der Waals surface area (Å²) >= 11 is 0. The minimum absolute atomic E-state index is 0.217. The molecule has 0 N–H and O–H groups in total. The fourth-order valence-electron chi connectivity index (χ4n) is 0.827. The standard InChI is InChI=1S/C10H15NO2/c1-9(2)13-8-12-7-10-4-3-5-11-6-10/h3-6,9H,7-8H2,1-2H3. The van der Waals surface area contributed by atoms with Crippen LogP contribution >= 0.6 is 0 Å². The average molecular weight is 181 g/mol. The third-order valence-electron chi connectivity index (χ3n) is 1.48. The van der Waals surface area contributed by atoms with Crippen molar-refractivity contribution in [3.8, 4) is 0 Å². The van der Waals surface area contributed by atoms with Crippen molar-refractivity contribution in [3.63, 3.8) is 0 Å². The first kappa shape index (κ1) is 10.2. The summed E-state index contributed by atoms with van der Waals surface area (Å²) < 4.78 is 10.5. The highest BCUT2D eigenvalue weighted by atomic mass is 16.7. The van der Waals surface area contributed by atoms with Gasteiger partial charge in [-0.15, -0.1) is 0 Å². The lowest BCUT2D eigenvalue weighted by Gasteiger charge is -2.07. The lowest BCUT2D eigenvalue weighted by atomic mass is 10.3. The van der Waals surface area contributed by atoms with E-state index < -0.39 is 0 Å². The molecular formula is C10H15NO2. The SMILES string of the molecule is CC(C)OCOCc1cccnc1. The average Bonchev–Trinajstić information content (AvgIpc) is 2.14. The monoisotopic (exact) mass is 181 g/mol. The van der Waals surface area contributed by atoms with Gasteiger partial charge in [-0.05, 0) is 25.5 Å². The van der Waals surface area contributed by atoms with Crippen LogP contribution in [0.1, 0.15) is 19.4 Å². The summed E-state index contributed by atoms with van der Waals surface area (Å²) in [6.45, 7) is 4.86. The molecule has 1 heterocycles.